The Balaban J connectivity index is 5.45. The molecule has 0 aliphatic carbocycles. The summed E-state index contributed by atoms with van der Waals surface area (Å²) in [5, 5.41) is 46.6. The lowest BCUT2D eigenvalue weighted by Crippen LogP contribution is -2.61. The van der Waals surface area contributed by atoms with Gasteiger partial charge in [-0.25, -0.2) is 0 Å². The van der Waals surface area contributed by atoms with Crippen molar-refractivity contribution in [1.29, 1.82) is 0 Å². The third kappa shape index (κ3) is 18.8. The van der Waals surface area contributed by atoms with E-state index in [-0.39, 0.29) is 12.3 Å². The molecule has 0 aromatic heterocycles. The molecule has 0 aliphatic heterocycles. The topological polar surface area (TPSA) is 380 Å². The number of aliphatic carboxylic acids is 1. The fourth-order valence-corrected chi connectivity index (χ4v) is 4.66. The van der Waals surface area contributed by atoms with Gasteiger partial charge in [0.25, 0.3) is 0 Å². The molecule has 23 heteroatoms. The number of amides is 9. The predicted molar refractivity (Wildman–Crippen MR) is 196 cm³/mol. The van der Waals surface area contributed by atoms with Crippen LogP contribution in [0, 0.1) is 11.8 Å². The van der Waals surface area contributed by atoms with E-state index in [4.69, 9.17) is 21.7 Å². The first-order valence-electron chi connectivity index (χ1n) is 17.9. The van der Waals surface area contributed by atoms with Crippen LogP contribution in [0.2, 0.25) is 0 Å². The second-order valence-electron chi connectivity index (χ2n) is 13.7. The van der Waals surface area contributed by atoms with E-state index in [1.54, 1.807) is 27.7 Å². The van der Waals surface area contributed by atoms with E-state index in [2.05, 4.69) is 42.5 Å². The minimum Gasteiger partial charge on any atom is -0.480 e. The SMILES string of the molecule is CC[C@H](C)[C@H](NC(=O)[C@H](CC(N)=O)NC(=O)[C@@H](NC(=O)[C@@H](N)CO)[C@@H](C)O)C(=O)NCC(=O)N[C@@H](C)C(=O)NCC(=O)N[C@@H](CC(C)C)C(=O)N[C@@H](C)C(=O)O. The number of rotatable bonds is 25. The molecule has 0 aliphatic rings. The Bertz CT molecular complexity index is 1430. The first-order chi connectivity index (χ1) is 25.9. The van der Waals surface area contributed by atoms with Crippen LogP contribution in [0.4, 0.5) is 0 Å². The third-order valence-corrected chi connectivity index (χ3v) is 8.13. The fraction of sp³-hybridized carbons (Fsp3) is 0.697. The average molecular weight is 803 g/mol. The van der Waals surface area contributed by atoms with E-state index >= 15 is 0 Å². The molecule has 15 N–H and O–H groups in total. The van der Waals surface area contributed by atoms with Crippen molar-refractivity contribution in [2.24, 2.45) is 23.3 Å². The number of hydrogen-bond donors (Lipinski definition) is 13. The molecule has 9 amide bonds. The maximum absolute atomic E-state index is 13.3. The quantitative estimate of drug-likeness (QED) is 0.0409. The van der Waals surface area contributed by atoms with Gasteiger partial charge in [-0.05, 0) is 39.0 Å². The lowest BCUT2D eigenvalue weighted by atomic mass is 9.97. The molecule has 0 unspecified atom stereocenters. The van der Waals surface area contributed by atoms with Gasteiger partial charge in [0.15, 0.2) is 0 Å². The Hall–Kier alpha value is -5.42. The van der Waals surface area contributed by atoms with Gasteiger partial charge in [0.1, 0.15) is 42.3 Å². The molecule has 0 aromatic carbocycles. The first-order valence-corrected chi connectivity index (χ1v) is 17.9. The van der Waals surface area contributed by atoms with Crippen LogP contribution in [0.3, 0.4) is 0 Å². The molecule has 0 saturated heterocycles. The number of carbonyl (C=O) groups excluding carboxylic acids is 9. The van der Waals surface area contributed by atoms with E-state index in [1.807, 2.05) is 0 Å². The van der Waals surface area contributed by atoms with Gasteiger partial charge in [0.2, 0.25) is 53.2 Å². The molecular formula is C33H58N10O13. The van der Waals surface area contributed by atoms with E-state index in [1.165, 1.54) is 13.8 Å². The van der Waals surface area contributed by atoms with Crippen LogP contribution in [0.15, 0.2) is 0 Å². The van der Waals surface area contributed by atoms with Crippen molar-refractivity contribution in [3.05, 3.63) is 0 Å². The van der Waals surface area contributed by atoms with Crippen LogP contribution in [0.25, 0.3) is 0 Å². The van der Waals surface area contributed by atoms with Gasteiger partial charge >= 0.3 is 5.97 Å². The number of aliphatic hydroxyl groups is 2. The Morgan fingerprint density at radius 3 is 1.61 bits per heavy atom. The summed E-state index contributed by atoms with van der Waals surface area (Å²) in [7, 11) is 0. The van der Waals surface area contributed by atoms with Crippen molar-refractivity contribution in [3.8, 4) is 0 Å². The van der Waals surface area contributed by atoms with E-state index in [0.717, 1.165) is 6.92 Å². The normalized spacial score (nSPS) is 15.8. The van der Waals surface area contributed by atoms with Crippen molar-refractivity contribution in [2.45, 2.75) is 116 Å². The monoisotopic (exact) mass is 802 g/mol. The van der Waals surface area contributed by atoms with Gasteiger partial charge in [-0.3, -0.25) is 47.9 Å². The molecule has 0 radical (unpaired) electrons. The largest absolute Gasteiger partial charge is 0.480 e. The van der Waals surface area contributed by atoms with Crippen molar-refractivity contribution >= 4 is 59.1 Å². The van der Waals surface area contributed by atoms with Gasteiger partial charge in [-0.15, -0.1) is 0 Å². The fourth-order valence-electron chi connectivity index (χ4n) is 4.66. The summed E-state index contributed by atoms with van der Waals surface area (Å²) in [5.41, 5.74) is 10.7. The maximum Gasteiger partial charge on any atom is 0.325 e. The number of nitrogens with two attached hydrogens (primary N) is 2. The smallest absolute Gasteiger partial charge is 0.325 e. The van der Waals surface area contributed by atoms with Gasteiger partial charge in [0.05, 0.1) is 32.2 Å². The molecule has 0 heterocycles. The molecule has 0 aromatic rings. The summed E-state index contributed by atoms with van der Waals surface area (Å²) in [6.45, 7) is 8.51. The highest BCUT2D eigenvalue weighted by atomic mass is 16.4. The number of aliphatic hydroxyl groups excluding tert-OH is 2. The Kier molecular flexibility index (Phi) is 22.5. The summed E-state index contributed by atoms with van der Waals surface area (Å²) in [6, 6.07) is -9.62. The van der Waals surface area contributed by atoms with Crippen LogP contribution >= 0.6 is 0 Å². The summed E-state index contributed by atoms with van der Waals surface area (Å²) in [5.74, 6) is -10.1. The highest BCUT2D eigenvalue weighted by Crippen LogP contribution is 2.10. The molecule has 0 rings (SSSR count). The summed E-state index contributed by atoms with van der Waals surface area (Å²) < 4.78 is 0. The van der Waals surface area contributed by atoms with Gasteiger partial charge < -0.3 is 69.3 Å². The molecular weight excluding hydrogens is 744 g/mol. The Morgan fingerprint density at radius 2 is 1.12 bits per heavy atom. The minimum absolute atomic E-state index is 0.0600. The number of carboxylic acid groups (broad SMARTS) is 1. The molecule has 0 spiro atoms. The second-order valence-corrected chi connectivity index (χ2v) is 13.7. The number of hydrogen-bond acceptors (Lipinski definition) is 13. The number of nitrogens with one attached hydrogen (secondary N) is 8. The zero-order chi connectivity index (χ0) is 43.4. The summed E-state index contributed by atoms with van der Waals surface area (Å²) >= 11 is 0. The summed E-state index contributed by atoms with van der Waals surface area (Å²) in [4.78, 5) is 125. The first kappa shape index (κ1) is 50.6. The molecule has 23 nitrogen and oxygen atoms in total. The van der Waals surface area contributed by atoms with Crippen LogP contribution in [0.1, 0.15) is 67.7 Å². The number of carbonyl (C=O) groups is 10. The third-order valence-electron chi connectivity index (χ3n) is 8.13. The summed E-state index contributed by atoms with van der Waals surface area (Å²) in [6.07, 6.45) is -1.78. The molecule has 56 heavy (non-hydrogen) atoms. The number of primary amides is 1. The van der Waals surface area contributed by atoms with E-state index in [0.29, 0.717) is 6.42 Å². The van der Waals surface area contributed by atoms with Crippen molar-refractivity contribution < 1.29 is 63.3 Å². The van der Waals surface area contributed by atoms with Crippen molar-refractivity contribution in [2.75, 3.05) is 19.7 Å². The van der Waals surface area contributed by atoms with Gasteiger partial charge in [0, 0.05) is 0 Å². The predicted octanol–water partition coefficient (Wildman–Crippen LogP) is -6.08. The molecule has 0 bridgehead atoms. The highest BCUT2D eigenvalue weighted by molar-refractivity contribution is 5.98. The van der Waals surface area contributed by atoms with Crippen molar-refractivity contribution in [1.82, 2.24) is 42.5 Å². The van der Waals surface area contributed by atoms with E-state index < -0.39 is 140 Å². The zero-order valence-electron chi connectivity index (χ0n) is 32.6. The van der Waals surface area contributed by atoms with Crippen LogP contribution < -0.4 is 54.0 Å². The number of carboxylic acids is 1. The van der Waals surface area contributed by atoms with Gasteiger partial charge in [-0.1, -0.05) is 34.1 Å². The maximum atomic E-state index is 13.3. The van der Waals surface area contributed by atoms with Crippen molar-refractivity contribution in [3.63, 3.8) is 0 Å². The van der Waals surface area contributed by atoms with Gasteiger partial charge in [-0.2, -0.15) is 0 Å². The molecule has 0 saturated carbocycles. The molecule has 9 atom stereocenters. The molecule has 318 valence electrons. The lowest BCUT2D eigenvalue weighted by Gasteiger charge is -2.28. The Morgan fingerprint density at radius 1 is 0.607 bits per heavy atom. The average Bonchev–Trinajstić information content (AvgIpc) is 3.11. The lowest BCUT2D eigenvalue weighted by molar-refractivity contribution is -0.141. The standard InChI is InChI=1S/C33H58N10O13/c1-8-15(4)25(42-30(52)21(10-22(35)46)41-32(54)26(18(7)45)43-28(50)19(34)13-44)31(53)37-11-23(47)38-16(5)27(49)36-12-24(48)40-20(9-14(2)3)29(51)39-17(6)33(55)56/h14-21,25-26,44-45H,8-13,34H2,1-7H3,(H2,35,46)(H,36,49)(H,37,53)(H,38,47)(H,39,51)(H,40,48)(H,41,54)(H,42,52)(H,43,50)(H,55,56)/t15-,16-,17-,18+,19-,20-,21-,25-,26-/m0/s1. The van der Waals surface area contributed by atoms with E-state index in [9.17, 15) is 53.1 Å². The second kappa shape index (κ2) is 24.9. The molecule has 0 fully saturated rings. The minimum atomic E-state index is -1.69. The van der Waals surface area contributed by atoms with Crippen LogP contribution in [-0.2, 0) is 47.9 Å². The zero-order valence-corrected chi connectivity index (χ0v) is 32.6. The van der Waals surface area contributed by atoms with Crippen LogP contribution in [-0.4, -0.2) is 143 Å². The van der Waals surface area contributed by atoms with Crippen LogP contribution in [0.5, 0.6) is 0 Å². The highest BCUT2D eigenvalue weighted by Gasteiger charge is 2.34. The Labute approximate surface area is 323 Å².